The average Bonchev–Trinajstić information content (AvgIpc) is 3.60. The molecule has 1 saturated heterocycles. The van der Waals surface area contributed by atoms with E-state index < -0.39 is 6.29 Å². The van der Waals surface area contributed by atoms with Gasteiger partial charge in [-0.15, -0.1) is 0 Å². The minimum absolute atomic E-state index is 0.0133. The van der Waals surface area contributed by atoms with E-state index in [1.54, 1.807) is 11.3 Å². The second-order valence-electron chi connectivity index (χ2n) is 9.34. The SMILES string of the molecule is CCO[C@H]1OC(C(=O)N2CCN(Cc3ccc4c(c3)OCO4)CC2)=C[C@@H](c2ccsc2)[C@H]1CCCO. The van der Waals surface area contributed by atoms with E-state index in [0.717, 1.165) is 43.1 Å². The zero-order valence-corrected chi connectivity index (χ0v) is 21.5. The lowest BCUT2D eigenvalue weighted by atomic mass is 9.81. The number of allylic oxidation sites excluding steroid dienone is 1. The summed E-state index contributed by atoms with van der Waals surface area (Å²) in [6, 6.07) is 8.16. The third-order valence-electron chi connectivity index (χ3n) is 7.05. The van der Waals surface area contributed by atoms with Gasteiger partial charge in [0.1, 0.15) is 0 Å². The summed E-state index contributed by atoms with van der Waals surface area (Å²) in [5.41, 5.74) is 2.33. The van der Waals surface area contributed by atoms with Crippen molar-refractivity contribution in [2.75, 3.05) is 46.2 Å². The zero-order chi connectivity index (χ0) is 24.9. The summed E-state index contributed by atoms with van der Waals surface area (Å²) < 4.78 is 23.0. The van der Waals surface area contributed by atoms with E-state index in [9.17, 15) is 9.90 Å². The third-order valence-corrected chi connectivity index (χ3v) is 7.75. The zero-order valence-electron chi connectivity index (χ0n) is 20.6. The molecule has 4 heterocycles. The molecule has 0 unspecified atom stereocenters. The van der Waals surface area contributed by atoms with Crippen LogP contribution in [0.15, 0.2) is 46.9 Å². The fraction of sp³-hybridized carbons (Fsp3) is 0.519. The number of piperazine rings is 1. The van der Waals surface area contributed by atoms with Crippen LogP contribution in [0.4, 0.5) is 0 Å². The molecule has 0 radical (unpaired) electrons. The molecule has 3 aliphatic heterocycles. The maximum Gasteiger partial charge on any atom is 0.288 e. The highest BCUT2D eigenvalue weighted by atomic mass is 32.1. The van der Waals surface area contributed by atoms with Gasteiger partial charge in [-0.05, 0) is 65.9 Å². The Morgan fingerprint density at radius 3 is 2.75 bits per heavy atom. The summed E-state index contributed by atoms with van der Waals surface area (Å²) in [5.74, 6) is 1.93. The van der Waals surface area contributed by atoms with Crippen molar-refractivity contribution in [3.8, 4) is 11.5 Å². The first-order valence-corrected chi connectivity index (χ1v) is 13.6. The van der Waals surface area contributed by atoms with Gasteiger partial charge in [-0.25, -0.2) is 0 Å². The number of hydrogen-bond acceptors (Lipinski definition) is 8. The average molecular weight is 515 g/mol. The van der Waals surface area contributed by atoms with Crippen LogP contribution in [-0.4, -0.2) is 73.3 Å². The third kappa shape index (κ3) is 5.54. The van der Waals surface area contributed by atoms with E-state index in [0.29, 0.717) is 31.9 Å². The number of carbonyl (C=O) groups is 1. The molecule has 1 aromatic heterocycles. The molecule has 194 valence electrons. The molecule has 3 aliphatic rings. The van der Waals surface area contributed by atoms with Gasteiger partial charge in [0.15, 0.2) is 17.3 Å². The van der Waals surface area contributed by atoms with E-state index in [4.69, 9.17) is 18.9 Å². The Labute approximate surface area is 216 Å². The number of fused-ring (bicyclic) bond motifs is 1. The van der Waals surface area contributed by atoms with Gasteiger partial charge in [0.25, 0.3) is 5.91 Å². The number of thiophene rings is 1. The van der Waals surface area contributed by atoms with Crippen LogP contribution in [0.5, 0.6) is 11.5 Å². The van der Waals surface area contributed by atoms with Crippen molar-refractivity contribution in [1.29, 1.82) is 0 Å². The molecule has 0 aliphatic carbocycles. The Kier molecular flexibility index (Phi) is 8.11. The van der Waals surface area contributed by atoms with Crippen molar-refractivity contribution in [1.82, 2.24) is 9.80 Å². The highest BCUT2D eigenvalue weighted by molar-refractivity contribution is 7.08. The molecule has 8 nitrogen and oxygen atoms in total. The number of hydrogen-bond donors (Lipinski definition) is 1. The van der Waals surface area contributed by atoms with Crippen LogP contribution in [0, 0.1) is 5.92 Å². The molecule has 1 N–H and O–H groups in total. The Bertz CT molecular complexity index is 1050. The molecule has 3 atom stereocenters. The molecule has 1 fully saturated rings. The van der Waals surface area contributed by atoms with Gasteiger partial charge in [0.05, 0.1) is 0 Å². The standard InChI is InChI=1S/C27H34N2O6S/c1-2-32-27-21(4-3-12-30)22(20-7-13-36-17-20)15-25(35-27)26(31)29-10-8-28(9-11-29)16-19-5-6-23-24(14-19)34-18-33-23/h5-7,13-15,17,21-22,27,30H,2-4,8-12,16,18H2,1H3/t21-,22+,27+/m1/s1. The van der Waals surface area contributed by atoms with Crippen molar-refractivity contribution >= 4 is 17.2 Å². The number of benzene rings is 1. The number of rotatable bonds is 9. The van der Waals surface area contributed by atoms with Crippen LogP contribution in [0.1, 0.15) is 36.8 Å². The van der Waals surface area contributed by atoms with E-state index >= 15 is 0 Å². The summed E-state index contributed by atoms with van der Waals surface area (Å²) >= 11 is 1.64. The Balaban J connectivity index is 1.25. The number of amides is 1. The van der Waals surface area contributed by atoms with Gasteiger partial charge in [-0.2, -0.15) is 11.3 Å². The summed E-state index contributed by atoms with van der Waals surface area (Å²) in [7, 11) is 0. The van der Waals surface area contributed by atoms with Crippen molar-refractivity contribution in [3.63, 3.8) is 0 Å². The lowest BCUT2D eigenvalue weighted by Crippen LogP contribution is -2.49. The lowest BCUT2D eigenvalue weighted by molar-refractivity contribution is -0.171. The molecular weight excluding hydrogens is 480 g/mol. The van der Waals surface area contributed by atoms with Crippen LogP contribution < -0.4 is 9.47 Å². The van der Waals surface area contributed by atoms with Crippen LogP contribution in [0.2, 0.25) is 0 Å². The predicted molar refractivity (Wildman–Crippen MR) is 136 cm³/mol. The monoisotopic (exact) mass is 514 g/mol. The van der Waals surface area contributed by atoms with Crippen molar-refractivity contribution in [2.24, 2.45) is 5.92 Å². The van der Waals surface area contributed by atoms with Crippen LogP contribution in [0.25, 0.3) is 0 Å². The molecule has 1 amide bonds. The van der Waals surface area contributed by atoms with Gasteiger partial charge < -0.3 is 29.0 Å². The second kappa shape index (κ2) is 11.6. The van der Waals surface area contributed by atoms with Crippen LogP contribution >= 0.6 is 11.3 Å². The maximum atomic E-state index is 13.5. The second-order valence-corrected chi connectivity index (χ2v) is 10.1. The van der Waals surface area contributed by atoms with Crippen molar-refractivity contribution in [2.45, 2.75) is 38.5 Å². The molecule has 9 heteroatoms. The summed E-state index contributed by atoms with van der Waals surface area (Å²) in [6.07, 6.45) is 2.89. The van der Waals surface area contributed by atoms with Gasteiger partial charge in [-0.1, -0.05) is 6.07 Å². The Morgan fingerprint density at radius 2 is 2.00 bits per heavy atom. The first kappa shape index (κ1) is 25.1. The maximum absolute atomic E-state index is 13.5. The Morgan fingerprint density at radius 1 is 1.17 bits per heavy atom. The van der Waals surface area contributed by atoms with Gasteiger partial charge >= 0.3 is 0 Å². The molecule has 36 heavy (non-hydrogen) atoms. The van der Waals surface area contributed by atoms with Crippen molar-refractivity contribution in [3.05, 3.63) is 58.0 Å². The summed E-state index contributed by atoms with van der Waals surface area (Å²) in [5, 5.41) is 13.6. The number of ether oxygens (including phenoxy) is 4. The highest BCUT2D eigenvalue weighted by Crippen LogP contribution is 2.40. The van der Waals surface area contributed by atoms with Crippen LogP contribution in [0.3, 0.4) is 0 Å². The van der Waals surface area contributed by atoms with Gasteiger partial charge in [-0.3, -0.25) is 9.69 Å². The van der Waals surface area contributed by atoms with E-state index in [1.165, 1.54) is 5.56 Å². The minimum atomic E-state index is -0.511. The normalized spacial score (nSPS) is 23.9. The molecule has 2 aromatic rings. The van der Waals surface area contributed by atoms with Crippen molar-refractivity contribution < 1.29 is 28.8 Å². The molecular formula is C27H34N2O6S. The number of carbonyl (C=O) groups excluding carboxylic acids is 1. The first-order valence-electron chi connectivity index (χ1n) is 12.7. The largest absolute Gasteiger partial charge is 0.459 e. The first-order chi connectivity index (χ1) is 17.7. The van der Waals surface area contributed by atoms with Gasteiger partial charge in [0.2, 0.25) is 13.1 Å². The number of aliphatic hydroxyl groups is 1. The highest BCUT2D eigenvalue weighted by Gasteiger charge is 2.39. The predicted octanol–water partition coefficient (Wildman–Crippen LogP) is 3.57. The quantitative estimate of drug-likeness (QED) is 0.548. The topological polar surface area (TPSA) is 80.7 Å². The summed E-state index contributed by atoms with van der Waals surface area (Å²) in [6.45, 7) is 6.49. The molecule has 5 rings (SSSR count). The van der Waals surface area contributed by atoms with E-state index in [2.05, 4.69) is 27.8 Å². The smallest absolute Gasteiger partial charge is 0.288 e. The summed E-state index contributed by atoms with van der Waals surface area (Å²) in [4.78, 5) is 17.7. The fourth-order valence-electron chi connectivity index (χ4n) is 5.16. The molecule has 0 saturated carbocycles. The minimum Gasteiger partial charge on any atom is -0.459 e. The molecule has 0 bridgehead atoms. The van der Waals surface area contributed by atoms with E-state index in [1.807, 2.05) is 30.0 Å². The number of aliphatic hydroxyl groups excluding tert-OH is 1. The number of nitrogens with zero attached hydrogens (tertiary/aromatic N) is 2. The lowest BCUT2D eigenvalue weighted by Gasteiger charge is -2.39. The van der Waals surface area contributed by atoms with Gasteiger partial charge in [0, 0.05) is 57.8 Å². The Hall–Kier alpha value is -2.59. The molecule has 0 spiro atoms. The van der Waals surface area contributed by atoms with E-state index in [-0.39, 0.29) is 31.1 Å². The van der Waals surface area contributed by atoms with Crippen LogP contribution in [-0.2, 0) is 20.8 Å². The fourth-order valence-corrected chi connectivity index (χ4v) is 5.87. The molecule has 1 aromatic carbocycles.